The molecule has 2 rings (SSSR count). The fourth-order valence-electron chi connectivity index (χ4n) is 3.69. The van der Waals surface area contributed by atoms with Crippen LogP contribution in [0.3, 0.4) is 0 Å². The number of ketones is 1. The van der Waals surface area contributed by atoms with Crippen molar-refractivity contribution in [2.75, 3.05) is 7.11 Å². The summed E-state index contributed by atoms with van der Waals surface area (Å²) in [6.07, 6.45) is 6.43. The molecule has 0 heterocycles. The van der Waals surface area contributed by atoms with E-state index in [1.807, 2.05) is 6.07 Å². The first-order valence-electron chi connectivity index (χ1n) is 8.90. The highest BCUT2D eigenvalue weighted by Crippen LogP contribution is 2.40. The Balaban J connectivity index is 1.91. The molecule has 1 fully saturated rings. The van der Waals surface area contributed by atoms with Crippen molar-refractivity contribution < 1.29 is 13.9 Å². The monoisotopic (exact) mass is 320 g/mol. The van der Waals surface area contributed by atoms with Crippen LogP contribution < -0.4 is 0 Å². The van der Waals surface area contributed by atoms with Crippen LogP contribution in [0.2, 0.25) is 0 Å². The number of unbranched alkanes of at least 4 members (excludes halogenated alkanes) is 2. The van der Waals surface area contributed by atoms with Crippen molar-refractivity contribution in [2.45, 2.75) is 70.1 Å². The summed E-state index contributed by atoms with van der Waals surface area (Å²) in [7, 11) is 1.77. The van der Waals surface area contributed by atoms with Gasteiger partial charge in [-0.2, -0.15) is 0 Å². The number of alkyl halides is 1. The van der Waals surface area contributed by atoms with Crippen molar-refractivity contribution in [2.24, 2.45) is 5.92 Å². The van der Waals surface area contributed by atoms with Gasteiger partial charge in [-0.25, -0.2) is 4.39 Å². The lowest BCUT2D eigenvalue weighted by atomic mass is 9.73. The maximum Gasteiger partial charge on any atom is 0.197 e. The molecule has 0 radical (unpaired) electrons. The average Bonchev–Trinajstić information content (AvgIpc) is 2.62. The molecule has 128 valence electrons. The molecule has 1 saturated carbocycles. The molecule has 0 aromatic heterocycles. The van der Waals surface area contributed by atoms with E-state index in [9.17, 15) is 9.18 Å². The highest BCUT2D eigenvalue weighted by molar-refractivity contribution is 5.99. The van der Waals surface area contributed by atoms with Crippen molar-refractivity contribution in [3.63, 3.8) is 0 Å². The zero-order valence-electron chi connectivity index (χ0n) is 14.4. The van der Waals surface area contributed by atoms with Crippen LogP contribution in [-0.4, -0.2) is 24.7 Å². The van der Waals surface area contributed by atoms with Crippen LogP contribution in [0.5, 0.6) is 0 Å². The molecule has 1 aromatic rings. The smallest absolute Gasteiger partial charge is 0.197 e. The van der Waals surface area contributed by atoms with E-state index in [-0.39, 0.29) is 17.3 Å². The van der Waals surface area contributed by atoms with Gasteiger partial charge in [0, 0.05) is 12.7 Å². The highest BCUT2D eigenvalue weighted by Gasteiger charge is 2.39. The van der Waals surface area contributed by atoms with Crippen molar-refractivity contribution >= 4 is 5.78 Å². The van der Waals surface area contributed by atoms with E-state index in [0.717, 1.165) is 38.5 Å². The number of hydrogen-bond donors (Lipinski definition) is 0. The van der Waals surface area contributed by atoms with Crippen LogP contribution >= 0.6 is 0 Å². The Morgan fingerprint density at radius 1 is 1.26 bits per heavy atom. The van der Waals surface area contributed by atoms with Gasteiger partial charge in [-0.15, -0.1) is 0 Å². The summed E-state index contributed by atoms with van der Waals surface area (Å²) in [4.78, 5) is 12.3. The van der Waals surface area contributed by atoms with Gasteiger partial charge in [0.2, 0.25) is 0 Å². The third-order valence-corrected chi connectivity index (χ3v) is 5.33. The van der Waals surface area contributed by atoms with Crippen LogP contribution in [0.4, 0.5) is 4.39 Å². The Morgan fingerprint density at radius 3 is 2.48 bits per heavy atom. The summed E-state index contributed by atoms with van der Waals surface area (Å²) in [6, 6.07) is 8.80. The molecule has 2 nitrogen and oxygen atoms in total. The molecule has 0 bridgehead atoms. The molecule has 1 aromatic carbocycles. The maximum absolute atomic E-state index is 14.6. The number of halogens is 1. The number of carbonyl (C=O) groups excluding carboxylic acids is 1. The lowest BCUT2D eigenvalue weighted by Gasteiger charge is -2.40. The molecule has 3 heteroatoms. The van der Waals surface area contributed by atoms with Gasteiger partial charge in [0.15, 0.2) is 12.0 Å². The van der Waals surface area contributed by atoms with E-state index in [2.05, 4.69) is 6.92 Å². The Hall–Kier alpha value is -1.22. The van der Waals surface area contributed by atoms with Crippen LogP contribution in [0.1, 0.15) is 68.6 Å². The Bertz CT molecular complexity index is 478. The zero-order chi connectivity index (χ0) is 16.7. The Labute approximate surface area is 139 Å². The topological polar surface area (TPSA) is 26.3 Å². The van der Waals surface area contributed by atoms with E-state index >= 15 is 0 Å². The molecule has 0 amide bonds. The molecule has 0 saturated heterocycles. The molecule has 1 aliphatic carbocycles. The van der Waals surface area contributed by atoms with Crippen molar-refractivity contribution in [1.29, 1.82) is 0 Å². The van der Waals surface area contributed by atoms with E-state index in [1.165, 1.54) is 12.8 Å². The van der Waals surface area contributed by atoms with Crippen LogP contribution in [0.25, 0.3) is 0 Å². The standard InChI is InChI=1S/C20H29FO2/c1-3-4-8-13-20(23-2)14-11-16(12-15-20)18(21)19(22)17-9-6-5-7-10-17/h5-7,9-10,16,18H,3-4,8,11-15H2,1-2H3. The molecule has 0 aliphatic heterocycles. The Morgan fingerprint density at radius 2 is 1.91 bits per heavy atom. The van der Waals surface area contributed by atoms with Gasteiger partial charge in [0.05, 0.1) is 5.60 Å². The number of benzene rings is 1. The van der Waals surface area contributed by atoms with E-state index in [0.29, 0.717) is 5.56 Å². The first kappa shape index (κ1) is 18.1. The van der Waals surface area contributed by atoms with E-state index in [4.69, 9.17) is 4.74 Å². The predicted octanol–water partition coefficient (Wildman–Crippen LogP) is 5.36. The molecular weight excluding hydrogens is 291 g/mol. The number of methoxy groups -OCH3 is 1. The summed E-state index contributed by atoms with van der Waals surface area (Å²) >= 11 is 0. The summed E-state index contributed by atoms with van der Waals surface area (Å²) in [5, 5.41) is 0. The lowest BCUT2D eigenvalue weighted by molar-refractivity contribution is -0.0617. The van der Waals surface area contributed by atoms with Gasteiger partial charge >= 0.3 is 0 Å². The van der Waals surface area contributed by atoms with Gasteiger partial charge in [0.25, 0.3) is 0 Å². The van der Waals surface area contributed by atoms with Crippen LogP contribution in [-0.2, 0) is 4.74 Å². The molecule has 0 N–H and O–H groups in total. The molecular formula is C20H29FO2. The number of rotatable bonds is 8. The number of carbonyl (C=O) groups is 1. The van der Waals surface area contributed by atoms with Gasteiger partial charge < -0.3 is 4.74 Å². The van der Waals surface area contributed by atoms with Gasteiger partial charge in [-0.05, 0) is 38.0 Å². The van der Waals surface area contributed by atoms with Crippen molar-refractivity contribution in [1.82, 2.24) is 0 Å². The van der Waals surface area contributed by atoms with Crippen molar-refractivity contribution in [3.05, 3.63) is 35.9 Å². The third kappa shape index (κ3) is 4.63. The fraction of sp³-hybridized carbons (Fsp3) is 0.650. The Kier molecular flexibility index (Phi) is 6.76. The summed E-state index contributed by atoms with van der Waals surface area (Å²) in [5.41, 5.74) is 0.382. The number of ether oxygens (including phenoxy) is 1. The minimum atomic E-state index is -1.39. The molecule has 1 unspecified atom stereocenters. The second-order valence-corrected chi connectivity index (χ2v) is 6.81. The lowest BCUT2D eigenvalue weighted by Crippen LogP contribution is -2.39. The van der Waals surface area contributed by atoms with Gasteiger partial charge in [-0.3, -0.25) is 4.79 Å². The second-order valence-electron chi connectivity index (χ2n) is 6.81. The van der Waals surface area contributed by atoms with E-state index < -0.39 is 6.17 Å². The highest BCUT2D eigenvalue weighted by atomic mass is 19.1. The van der Waals surface area contributed by atoms with Crippen molar-refractivity contribution in [3.8, 4) is 0 Å². The maximum atomic E-state index is 14.6. The average molecular weight is 320 g/mol. The predicted molar refractivity (Wildman–Crippen MR) is 91.5 cm³/mol. The molecule has 23 heavy (non-hydrogen) atoms. The first-order valence-corrected chi connectivity index (χ1v) is 8.90. The minimum Gasteiger partial charge on any atom is -0.378 e. The SMILES string of the molecule is CCCCCC1(OC)CCC(C(F)C(=O)c2ccccc2)CC1. The first-order chi connectivity index (χ1) is 11.1. The van der Waals surface area contributed by atoms with Crippen LogP contribution in [0.15, 0.2) is 30.3 Å². The zero-order valence-corrected chi connectivity index (χ0v) is 14.4. The second kappa shape index (κ2) is 8.58. The normalized spacial score (nSPS) is 26.0. The molecule has 1 aliphatic rings. The number of Topliss-reactive ketones (excluding diaryl/α,β-unsaturated/α-hetero) is 1. The quantitative estimate of drug-likeness (QED) is 0.476. The molecule has 1 atom stereocenters. The van der Waals surface area contributed by atoms with E-state index in [1.54, 1.807) is 31.4 Å². The summed E-state index contributed by atoms with van der Waals surface area (Å²) < 4.78 is 20.4. The summed E-state index contributed by atoms with van der Waals surface area (Å²) in [6.45, 7) is 2.19. The third-order valence-electron chi connectivity index (χ3n) is 5.33. The fourth-order valence-corrected chi connectivity index (χ4v) is 3.69. The minimum absolute atomic E-state index is 0.0960. The molecule has 0 spiro atoms. The van der Waals surface area contributed by atoms with Gasteiger partial charge in [0.1, 0.15) is 0 Å². The van der Waals surface area contributed by atoms with Gasteiger partial charge in [-0.1, -0.05) is 56.5 Å². The number of hydrogen-bond acceptors (Lipinski definition) is 2. The largest absolute Gasteiger partial charge is 0.378 e. The summed E-state index contributed by atoms with van der Waals surface area (Å²) in [5.74, 6) is -0.538. The van der Waals surface area contributed by atoms with Crippen LogP contribution in [0, 0.1) is 5.92 Å².